The summed E-state index contributed by atoms with van der Waals surface area (Å²) >= 11 is 6.17. The maximum Gasteiger partial charge on any atom is 0.228 e. The molecule has 0 radical (unpaired) electrons. The van der Waals surface area contributed by atoms with Gasteiger partial charge in [0.05, 0.1) is 34.4 Å². The maximum atomic E-state index is 6.57. The lowest BCUT2D eigenvalue weighted by Crippen LogP contribution is -2.19. The number of para-hydroxylation sites is 3. The molecule has 0 fully saturated rings. The maximum absolute atomic E-state index is 6.57. The number of benzene rings is 4. The van der Waals surface area contributed by atoms with Crippen LogP contribution in [0.2, 0.25) is 5.02 Å². The Balaban J connectivity index is 1.50. The van der Waals surface area contributed by atoms with Crippen LogP contribution in [0.25, 0.3) is 5.69 Å². The van der Waals surface area contributed by atoms with E-state index in [-0.39, 0.29) is 6.04 Å². The first kappa shape index (κ1) is 23.1. The third kappa shape index (κ3) is 4.61. The highest BCUT2D eigenvalue weighted by molar-refractivity contribution is 6.30. The van der Waals surface area contributed by atoms with Crippen LogP contribution in [0.1, 0.15) is 29.3 Å². The van der Waals surface area contributed by atoms with Gasteiger partial charge in [-0.05, 0) is 61.0 Å². The molecule has 1 atom stereocenters. The van der Waals surface area contributed by atoms with Gasteiger partial charge in [-0.3, -0.25) is 5.01 Å². The molecule has 37 heavy (non-hydrogen) atoms. The fraction of sp³-hybridized carbons (Fsp3) is 0.0968. The van der Waals surface area contributed by atoms with Crippen molar-refractivity contribution in [3.8, 4) is 17.3 Å². The zero-order valence-electron chi connectivity index (χ0n) is 20.3. The molecule has 0 N–H and O–H groups in total. The molecule has 0 spiro atoms. The molecule has 6 heteroatoms. The van der Waals surface area contributed by atoms with Gasteiger partial charge in [-0.25, -0.2) is 4.68 Å². The Morgan fingerprint density at radius 1 is 0.757 bits per heavy atom. The van der Waals surface area contributed by atoms with E-state index in [1.54, 1.807) is 0 Å². The molecule has 5 nitrogen and oxygen atoms in total. The Hall–Kier alpha value is -4.35. The summed E-state index contributed by atoms with van der Waals surface area (Å²) in [5.41, 5.74) is 5.88. The van der Waals surface area contributed by atoms with E-state index in [2.05, 4.69) is 17.1 Å². The van der Waals surface area contributed by atoms with Crippen LogP contribution in [0.15, 0.2) is 120 Å². The van der Waals surface area contributed by atoms with Gasteiger partial charge in [0.1, 0.15) is 5.75 Å². The SMILES string of the molecule is Cc1nn(-c2ccccc2)c(Oc2ccccc2)c1C1CC(c2ccc(Cl)cc2)=NN1c1ccccc1. The molecule has 0 aliphatic carbocycles. The van der Waals surface area contributed by atoms with Crippen molar-refractivity contribution < 1.29 is 4.74 Å². The zero-order valence-corrected chi connectivity index (χ0v) is 21.1. The molecule has 6 rings (SSSR count). The van der Waals surface area contributed by atoms with Gasteiger partial charge in [-0.2, -0.15) is 10.2 Å². The van der Waals surface area contributed by atoms with Gasteiger partial charge in [-0.15, -0.1) is 0 Å². The van der Waals surface area contributed by atoms with E-state index >= 15 is 0 Å². The Labute approximate surface area is 221 Å². The molecule has 4 aromatic carbocycles. The molecule has 2 heterocycles. The number of aromatic nitrogens is 2. The molecule has 182 valence electrons. The van der Waals surface area contributed by atoms with E-state index in [1.165, 1.54) is 0 Å². The number of nitrogens with zero attached hydrogens (tertiary/aromatic N) is 4. The topological polar surface area (TPSA) is 42.6 Å². The van der Waals surface area contributed by atoms with Crippen LogP contribution >= 0.6 is 11.6 Å². The van der Waals surface area contributed by atoms with Crippen molar-refractivity contribution in [2.24, 2.45) is 5.10 Å². The Bertz CT molecular complexity index is 1530. The van der Waals surface area contributed by atoms with Gasteiger partial charge in [0, 0.05) is 11.4 Å². The van der Waals surface area contributed by atoms with Crippen LogP contribution in [0, 0.1) is 6.92 Å². The number of ether oxygens (including phenoxy) is 1. The standard InChI is InChI=1S/C31H25ClN4O/c1-22-30(31(37-27-15-9-4-10-16-27)36(33-22)26-13-7-3-8-14-26)29-21-28(23-17-19-24(32)20-18-23)34-35(29)25-11-5-2-6-12-25/h2-20,29H,21H2,1H3. The third-order valence-corrected chi connectivity index (χ3v) is 6.71. The first-order chi connectivity index (χ1) is 18.2. The van der Waals surface area contributed by atoms with Crippen LogP contribution in [-0.2, 0) is 0 Å². The van der Waals surface area contributed by atoms with Gasteiger partial charge in [-0.1, -0.05) is 78.3 Å². The van der Waals surface area contributed by atoms with Crippen molar-refractivity contribution in [3.05, 3.63) is 137 Å². The second kappa shape index (κ2) is 9.96. The Morgan fingerprint density at radius 3 is 2.00 bits per heavy atom. The summed E-state index contributed by atoms with van der Waals surface area (Å²) in [6, 6.07) is 37.9. The summed E-state index contributed by atoms with van der Waals surface area (Å²) < 4.78 is 8.46. The van der Waals surface area contributed by atoms with Gasteiger partial charge in [0.2, 0.25) is 5.88 Å². The molecule has 0 saturated heterocycles. The molecule has 0 saturated carbocycles. The Morgan fingerprint density at radius 2 is 1.35 bits per heavy atom. The van der Waals surface area contributed by atoms with E-state index < -0.39 is 0 Å². The third-order valence-electron chi connectivity index (χ3n) is 6.46. The van der Waals surface area contributed by atoms with Gasteiger partial charge in [0.25, 0.3) is 0 Å². The van der Waals surface area contributed by atoms with Crippen LogP contribution in [0.3, 0.4) is 0 Å². The first-order valence-electron chi connectivity index (χ1n) is 12.2. The number of hydrogen-bond acceptors (Lipinski definition) is 4. The Kier molecular flexibility index (Phi) is 6.21. The summed E-state index contributed by atoms with van der Waals surface area (Å²) in [4.78, 5) is 0. The smallest absolute Gasteiger partial charge is 0.228 e. The fourth-order valence-electron chi connectivity index (χ4n) is 4.72. The molecule has 0 bridgehead atoms. The van der Waals surface area contributed by atoms with Crippen molar-refractivity contribution in [3.63, 3.8) is 0 Å². The van der Waals surface area contributed by atoms with Crippen LogP contribution in [0.4, 0.5) is 5.69 Å². The summed E-state index contributed by atoms with van der Waals surface area (Å²) in [7, 11) is 0. The molecule has 0 amide bonds. The lowest BCUT2D eigenvalue weighted by atomic mass is 9.98. The van der Waals surface area contributed by atoms with E-state index in [1.807, 2.05) is 115 Å². The normalized spacial score (nSPS) is 15.0. The number of aryl methyl sites for hydroxylation is 1. The number of anilines is 1. The van der Waals surface area contributed by atoms with E-state index in [0.717, 1.165) is 39.7 Å². The van der Waals surface area contributed by atoms with Gasteiger partial charge >= 0.3 is 0 Å². The van der Waals surface area contributed by atoms with E-state index in [0.29, 0.717) is 17.3 Å². The van der Waals surface area contributed by atoms with Crippen LogP contribution in [0.5, 0.6) is 11.6 Å². The summed E-state index contributed by atoms with van der Waals surface area (Å²) in [6.07, 6.45) is 0.697. The minimum Gasteiger partial charge on any atom is -0.439 e. The molecule has 5 aromatic rings. The summed E-state index contributed by atoms with van der Waals surface area (Å²) in [5.74, 6) is 1.44. The minimum atomic E-state index is -0.107. The minimum absolute atomic E-state index is 0.107. The molecule has 1 aliphatic heterocycles. The van der Waals surface area contributed by atoms with Crippen LogP contribution in [-0.4, -0.2) is 15.5 Å². The van der Waals surface area contributed by atoms with Crippen molar-refractivity contribution in [1.29, 1.82) is 0 Å². The average Bonchev–Trinajstić information content (AvgIpc) is 3.51. The molecule has 1 aromatic heterocycles. The number of hydrazone groups is 1. The molecule has 1 aliphatic rings. The van der Waals surface area contributed by atoms with Crippen molar-refractivity contribution in [2.45, 2.75) is 19.4 Å². The van der Waals surface area contributed by atoms with Gasteiger partial charge in [0.15, 0.2) is 0 Å². The predicted octanol–water partition coefficient (Wildman–Crippen LogP) is 7.98. The van der Waals surface area contributed by atoms with Crippen molar-refractivity contribution in [1.82, 2.24) is 9.78 Å². The second-order valence-electron chi connectivity index (χ2n) is 8.92. The lowest BCUT2D eigenvalue weighted by Gasteiger charge is -2.24. The van der Waals surface area contributed by atoms with Crippen LogP contribution < -0.4 is 9.75 Å². The average molecular weight is 505 g/mol. The highest BCUT2D eigenvalue weighted by Crippen LogP contribution is 2.43. The predicted molar refractivity (Wildman–Crippen MR) is 149 cm³/mol. The second-order valence-corrected chi connectivity index (χ2v) is 9.36. The van der Waals surface area contributed by atoms with Gasteiger partial charge < -0.3 is 4.74 Å². The largest absolute Gasteiger partial charge is 0.439 e. The fourth-order valence-corrected chi connectivity index (χ4v) is 4.84. The number of hydrogen-bond donors (Lipinski definition) is 0. The molecular weight excluding hydrogens is 480 g/mol. The monoisotopic (exact) mass is 504 g/mol. The summed E-state index contributed by atoms with van der Waals surface area (Å²) in [6.45, 7) is 2.04. The highest BCUT2D eigenvalue weighted by Gasteiger charge is 2.36. The molecule has 1 unspecified atom stereocenters. The highest BCUT2D eigenvalue weighted by atomic mass is 35.5. The number of rotatable bonds is 6. The number of halogens is 1. The molecular formula is C31H25ClN4O. The quantitative estimate of drug-likeness (QED) is 0.235. The lowest BCUT2D eigenvalue weighted by molar-refractivity contribution is 0.434. The van der Waals surface area contributed by atoms with Crippen molar-refractivity contribution in [2.75, 3.05) is 5.01 Å². The van der Waals surface area contributed by atoms with Crippen molar-refractivity contribution >= 4 is 23.0 Å². The van der Waals surface area contributed by atoms with E-state index in [4.69, 9.17) is 26.5 Å². The zero-order chi connectivity index (χ0) is 25.2. The van der Waals surface area contributed by atoms with E-state index in [9.17, 15) is 0 Å². The summed E-state index contributed by atoms with van der Waals surface area (Å²) in [5, 5.41) is 12.8. The first-order valence-corrected chi connectivity index (χ1v) is 12.6.